The quantitative estimate of drug-likeness (QED) is 0.640. The monoisotopic (exact) mass is 389 g/mol. The van der Waals surface area contributed by atoms with E-state index >= 15 is 0 Å². The molecule has 8 heteroatoms. The number of carbonyl (C=O) groups is 3. The lowest BCUT2D eigenvalue weighted by Gasteiger charge is -2.25. The summed E-state index contributed by atoms with van der Waals surface area (Å²) in [4.78, 5) is 49.7. The van der Waals surface area contributed by atoms with Crippen LogP contribution in [0.3, 0.4) is 0 Å². The standard InChI is InChI=1S/C20H27N3O5/c1-12(23-15(18(21)26)8-5-9-16(23)24)19(27)22-14(10-13-6-3-4-7-13)17(25)20(2)11-28-20/h5,8-9,12-14H,3-4,6-7,10-11H2,1-2H3,(H2,21,26)(H,22,27)/t12-,14-,20+/m0/s1. The van der Waals surface area contributed by atoms with E-state index in [0.717, 1.165) is 30.3 Å². The molecule has 152 valence electrons. The second-order valence-electron chi connectivity index (χ2n) is 7.99. The molecule has 1 saturated heterocycles. The number of pyridine rings is 1. The minimum atomic E-state index is -0.983. The summed E-state index contributed by atoms with van der Waals surface area (Å²) in [5.74, 6) is -1.06. The Morgan fingerprint density at radius 1 is 1.32 bits per heavy atom. The maximum absolute atomic E-state index is 12.9. The van der Waals surface area contributed by atoms with Crippen LogP contribution >= 0.6 is 0 Å². The van der Waals surface area contributed by atoms with E-state index in [2.05, 4.69) is 5.32 Å². The van der Waals surface area contributed by atoms with Crippen molar-refractivity contribution < 1.29 is 19.1 Å². The predicted molar refractivity (Wildman–Crippen MR) is 102 cm³/mol. The number of rotatable bonds is 8. The summed E-state index contributed by atoms with van der Waals surface area (Å²) in [6.07, 6.45) is 4.90. The van der Waals surface area contributed by atoms with Crippen molar-refractivity contribution in [3.63, 3.8) is 0 Å². The van der Waals surface area contributed by atoms with Gasteiger partial charge in [-0.05, 0) is 32.3 Å². The largest absolute Gasteiger partial charge is 0.364 e. The number of primary amides is 1. The van der Waals surface area contributed by atoms with Gasteiger partial charge in [-0.1, -0.05) is 31.7 Å². The molecule has 2 fully saturated rings. The molecule has 2 aliphatic rings. The Morgan fingerprint density at radius 2 is 1.96 bits per heavy atom. The third-order valence-corrected chi connectivity index (χ3v) is 5.78. The molecule has 0 unspecified atom stereocenters. The number of carbonyl (C=O) groups excluding carboxylic acids is 3. The van der Waals surface area contributed by atoms with Gasteiger partial charge in [-0.15, -0.1) is 0 Å². The fourth-order valence-electron chi connectivity index (χ4n) is 3.94. The molecule has 1 aliphatic carbocycles. The van der Waals surface area contributed by atoms with E-state index in [1.165, 1.54) is 25.1 Å². The average Bonchev–Trinajstić information content (AvgIpc) is 3.20. The molecule has 3 atom stereocenters. The molecule has 0 spiro atoms. The first-order valence-electron chi connectivity index (χ1n) is 9.73. The maximum Gasteiger partial charge on any atom is 0.265 e. The Balaban J connectivity index is 1.80. The molecule has 0 bridgehead atoms. The Morgan fingerprint density at radius 3 is 2.54 bits per heavy atom. The maximum atomic E-state index is 12.9. The second-order valence-corrected chi connectivity index (χ2v) is 7.99. The van der Waals surface area contributed by atoms with E-state index in [0.29, 0.717) is 18.9 Å². The van der Waals surface area contributed by atoms with Crippen molar-refractivity contribution in [1.29, 1.82) is 0 Å². The molecule has 1 aromatic rings. The fraction of sp³-hybridized carbons (Fsp3) is 0.600. The van der Waals surface area contributed by atoms with Crippen LogP contribution in [0.4, 0.5) is 0 Å². The topological polar surface area (TPSA) is 124 Å². The molecular formula is C20H27N3O5. The smallest absolute Gasteiger partial charge is 0.265 e. The fourth-order valence-corrected chi connectivity index (χ4v) is 3.94. The number of epoxide rings is 1. The molecule has 0 radical (unpaired) electrons. The van der Waals surface area contributed by atoms with Gasteiger partial charge in [0.2, 0.25) is 5.91 Å². The lowest BCUT2D eigenvalue weighted by Crippen LogP contribution is -2.49. The zero-order valence-electron chi connectivity index (χ0n) is 16.3. The van der Waals surface area contributed by atoms with Crippen LogP contribution in [0, 0.1) is 5.92 Å². The molecule has 8 nitrogen and oxygen atoms in total. The van der Waals surface area contributed by atoms with Crippen LogP contribution in [0.2, 0.25) is 0 Å². The predicted octanol–water partition coefficient (Wildman–Crippen LogP) is 0.931. The second kappa shape index (κ2) is 7.87. The summed E-state index contributed by atoms with van der Waals surface area (Å²) in [5, 5.41) is 2.80. The van der Waals surface area contributed by atoms with Gasteiger partial charge in [-0.2, -0.15) is 0 Å². The van der Waals surface area contributed by atoms with Gasteiger partial charge in [-0.3, -0.25) is 23.7 Å². The van der Waals surface area contributed by atoms with Crippen molar-refractivity contribution >= 4 is 17.6 Å². The number of amides is 2. The van der Waals surface area contributed by atoms with E-state index < -0.39 is 35.1 Å². The van der Waals surface area contributed by atoms with E-state index in [9.17, 15) is 19.2 Å². The number of aromatic nitrogens is 1. The molecule has 3 rings (SSSR count). The third kappa shape index (κ3) is 4.16. The first-order chi connectivity index (χ1) is 13.2. The van der Waals surface area contributed by atoms with Crippen molar-refractivity contribution in [3.05, 3.63) is 34.2 Å². The zero-order chi connectivity index (χ0) is 20.5. The van der Waals surface area contributed by atoms with E-state index in [1.54, 1.807) is 6.92 Å². The van der Waals surface area contributed by atoms with Gasteiger partial charge in [0.1, 0.15) is 17.3 Å². The Labute approximate surface area is 163 Å². The highest BCUT2D eigenvalue weighted by Gasteiger charge is 2.50. The number of ketones is 1. The van der Waals surface area contributed by atoms with Crippen molar-refractivity contribution in [1.82, 2.24) is 9.88 Å². The van der Waals surface area contributed by atoms with Gasteiger partial charge >= 0.3 is 0 Å². The number of nitrogens with two attached hydrogens (primary N) is 1. The van der Waals surface area contributed by atoms with Gasteiger partial charge in [0.05, 0.1) is 12.6 Å². The van der Waals surface area contributed by atoms with Crippen LogP contribution in [0.1, 0.15) is 62.5 Å². The number of nitrogens with zero attached hydrogens (tertiary/aromatic N) is 1. The molecule has 3 N–H and O–H groups in total. The van der Waals surface area contributed by atoms with Crippen molar-refractivity contribution in [2.24, 2.45) is 11.7 Å². The Kier molecular flexibility index (Phi) is 5.69. The number of hydrogen-bond acceptors (Lipinski definition) is 5. The van der Waals surface area contributed by atoms with Gasteiger partial charge in [0, 0.05) is 6.07 Å². The molecule has 2 heterocycles. The summed E-state index contributed by atoms with van der Waals surface area (Å²) in [5.41, 5.74) is 3.94. The van der Waals surface area contributed by atoms with Crippen LogP contribution in [0.25, 0.3) is 0 Å². The molecule has 1 aromatic heterocycles. The van der Waals surface area contributed by atoms with Gasteiger partial charge in [-0.25, -0.2) is 0 Å². The molecular weight excluding hydrogens is 362 g/mol. The van der Waals surface area contributed by atoms with E-state index in [-0.39, 0.29) is 11.5 Å². The molecule has 1 aliphatic heterocycles. The third-order valence-electron chi connectivity index (χ3n) is 5.78. The molecule has 2 amide bonds. The minimum Gasteiger partial charge on any atom is -0.364 e. The van der Waals surface area contributed by atoms with Crippen molar-refractivity contribution in [3.8, 4) is 0 Å². The highest BCUT2D eigenvalue weighted by atomic mass is 16.6. The summed E-state index contributed by atoms with van der Waals surface area (Å²) in [7, 11) is 0. The first kappa shape index (κ1) is 20.3. The van der Waals surface area contributed by atoms with Gasteiger partial charge in [0.25, 0.3) is 11.5 Å². The summed E-state index contributed by atoms with van der Waals surface area (Å²) < 4.78 is 6.34. The molecule has 1 saturated carbocycles. The Bertz CT molecular complexity index is 836. The number of ether oxygens (including phenoxy) is 1. The zero-order valence-corrected chi connectivity index (χ0v) is 16.3. The summed E-state index contributed by atoms with van der Waals surface area (Å²) in [6, 6.07) is 2.41. The van der Waals surface area contributed by atoms with Crippen LogP contribution in [0.5, 0.6) is 0 Å². The van der Waals surface area contributed by atoms with E-state index in [4.69, 9.17) is 10.5 Å². The Hall–Kier alpha value is -2.48. The van der Waals surface area contributed by atoms with Crippen LogP contribution in [-0.4, -0.2) is 40.4 Å². The minimum absolute atomic E-state index is 0.0497. The van der Waals surface area contributed by atoms with Gasteiger partial charge in [0.15, 0.2) is 5.78 Å². The van der Waals surface area contributed by atoms with Crippen LogP contribution in [-0.2, 0) is 14.3 Å². The number of Topliss-reactive ketones (excluding diaryl/α,β-unsaturated/α-hetero) is 1. The van der Waals surface area contributed by atoms with Crippen molar-refractivity contribution in [2.75, 3.05) is 6.61 Å². The van der Waals surface area contributed by atoms with Crippen LogP contribution < -0.4 is 16.6 Å². The average molecular weight is 389 g/mol. The highest BCUT2D eigenvalue weighted by molar-refractivity contribution is 5.97. The van der Waals surface area contributed by atoms with E-state index in [1.807, 2.05) is 0 Å². The lowest BCUT2D eigenvalue weighted by molar-refractivity contribution is -0.132. The first-order valence-corrected chi connectivity index (χ1v) is 9.73. The molecule has 0 aromatic carbocycles. The molecule has 28 heavy (non-hydrogen) atoms. The SMILES string of the molecule is C[C@@H](C(=O)N[C@@H](CC1CCCC1)C(=O)[C@@]1(C)CO1)n1c(C(N)=O)cccc1=O. The number of hydrogen-bond donors (Lipinski definition) is 2. The lowest BCUT2D eigenvalue weighted by atomic mass is 9.91. The van der Waals surface area contributed by atoms with Crippen molar-refractivity contribution in [2.45, 2.75) is 63.6 Å². The van der Waals surface area contributed by atoms with Crippen LogP contribution in [0.15, 0.2) is 23.0 Å². The normalized spacial score (nSPS) is 23.8. The summed E-state index contributed by atoms with van der Waals surface area (Å²) in [6.45, 7) is 3.58. The van der Waals surface area contributed by atoms with Gasteiger partial charge < -0.3 is 15.8 Å². The summed E-state index contributed by atoms with van der Waals surface area (Å²) >= 11 is 0. The number of nitrogens with one attached hydrogen (secondary N) is 1. The highest BCUT2D eigenvalue weighted by Crippen LogP contribution is 2.33.